The summed E-state index contributed by atoms with van der Waals surface area (Å²) in [6.07, 6.45) is 1.53. The van der Waals surface area contributed by atoms with Gasteiger partial charge in [0.15, 0.2) is 0 Å². The number of non-ortho nitro benzene ring substituents is 1. The largest absolute Gasteiger partial charge is 0.488 e. The van der Waals surface area contributed by atoms with Crippen molar-refractivity contribution in [3.63, 3.8) is 0 Å². The Labute approximate surface area is 114 Å². The van der Waals surface area contributed by atoms with Crippen LogP contribution in [0.25, 0.3) is 10.9 Å². The van der Waals surface area contributed by atoms with Crippen molar-refractivity contribution < 1.29 is 19.2 Å². The number of carbonyl (C=O) groups excluding carboxylic acids is 1. The molecule has 20 heavy (non-hydrogen) atoms. The van der Waals surface area contributed by atoms with Crippen LogP contribution >= 0.6 is 0 Å². The van der Waals surface area contributed by atoms with Gasteiger partial charge in [0.1, 0.15) is 24.5 Å². The Bertz CT molecular complexity index is 656. The quantitative estimate of drug-likeness (QED) is 0.359. The van der Waals surface area contributed by atoms with Crippen molar-refractivity contribution in [1.29, 1.82) is 0 Å². The predicted octanol–water partition coefficient (Wildman–Crippen LogP) is 2.08. The van der Waals surface area contributed by atoms with Crippen LogP contribution in [0.4, 0.5) is 5.69 Å². The molecule has 0 spiro atoms. The minimum absolute atomic E-state index is 0.0274. The Hall–Kier alpha value is -2.70. The molecule has 2 rings (SSSR count). The first-order valence-corrected chi connectivity index (χ1v) is 5.88. The van der Waals surface area contributed by atoms with E-state index in [1.165, 1.54) is 25.3 Å². The summed E-state index contributed by atoms with van der Waals surface area (Å²) in [7, 11) is 0. The summed E-state index contributed by atoms with van der Waals surface area (Å²) in [5.41, 5.74) is 0.380. The smallest absolute Gasteiger partial charge is 0.302 e. The maximum Gasteiger partial charge on any atom is 0.302 e. The monoisotopic (exact) mass is 276 g/mol. The molecule has 0 fully saturated rings. The van der Waals surface area contributed by atoms with Gasteiger partial charge in [-0.15, -0.1) is 0 Å². The van der Waals surface area contributed by atoms with E-state index in [0.717, 1.165) is 0 Å². The fraction of sp³-hybridized carbons (Fsp3) is 0.231. The number of fused-ring (bicyclic) bond motifs is 1. The third-order valence-corrected chi connectivity index (χ3v) is 2.55. The van der Waals surface area contributed by atoms with E-state index in [0.29, 0.717) is 16.7 Å². The molecule has 7 heteroatoms. The Morgan fingerprint density at radius 3 is 2.85 bits per heavy atom. The third kappa shape index (κ3) is 3.00. The van der Waals surface area contributed by atoms with Crippen molar-refractivity contribution in [1.82, 2.24) is 4.98 Å². The molecule has 7 nitrogen and oxygen atoms in total. The number of aromatic nitrogens is 1. The minimum Gasteiger partial charge on any atom is -0.488 e. The molecule has 2 aromatic rings. The van der Waals surface area contributed by atoms with Crippen molar-refractivity contribution in [2.75, 3.05) is 13.2 Å². The van der Waals surface area contributed by atoms with Crippen LogP contribution < -0.4 is 4.74 Å². The van der Waals surface area contributed by atoms with Gasteiger partial charge >= 0.3 is 5.97 Å². The highest BCUT2D eigenvalue weighted by Gasteiger charge is 2.15. The number of rotatable bonds is 5. The normalized spacial score (nSPS) is 10.2. The van der Waals surface area contributed by atoms with Crippen LogP contribution in [0.2, 0.25) is 0 Å². The van der Waals surface area contributed by atoms with E-state index in [4.69, 9.17) is 9.47 Å². The zero-order valence-corrected chi connectivity index (χ0v) is 10.7. The highest BCUT2D eigenvalue weighted by Crippen LogP contribution is 2.31. The number of pyridine rings is 1. The lowest BCUT2D eigenvalue weighted by Crippen LogP contribution is -2.09. The molecule has 1 aromatic carbocycles. The second kappa shape index (κ2) is 5.96. The van der Waals surface area contributed by atoms with E-state index in [1.807, 2.05) is 0 Å². The van der Waals surface area contributed by atoms with Gasteiger partial charge < -0.3 is 9.47 Å². The van der Waals surface area contributed by atoms with E-state index in [9.17, 15) is 14.9 Å². The molecule has 0 saturated heterocycles. The van der Waals surface area contributed by atoms with Gasteiger partial charge in [-0.05, 0) is 18.2 Å². The number of hydrogen-bond donors (Lipinski definition) is 0. The van der Waals surface area contributed by atoms with Crippen LogP contribution in [-0.4, -0.2) is 29.1 Å². The second-order valence-electron chi connectivity index (χ2n) is 3.93. The molecule has 0 aliphatic heterocycles. The number of nitro benzene ring substituents is 1. The third-order valence-electron chi connectivity index (χ3n) is 2.55. The molecule has 0 N–H and O–H groups in total. The number of ether oxygens (including phenoxy) is 2. The van der Waals surface area contributed by atoms with Crippen molar-refractivity contribution in [2.45, 2.75) is 6.92 Å². The maximum atomic E-state index is 10.9. The molecular formula is C13H12N2O5. The first-order valence-electron chi connectivity index (χ1n) is 5.88. The fourth-order valence-corrected chi connectivity index (χ4v) is 1.74. The average molecular weight is 276 g/mol. The first-order chi connectivity index (χ1) is 9.59. The lowest BCUT2D eigenvalue weighted by atomic mass is 10.1. The minimum atomic E-state index is -0.466. The van der Waals surface area contributed by atoms with Crippen LogP contribution in [0.1, 0.15) is 6.92 Å². The lowest BCUT2D eigenvalue weighted by molar-refractivity contribution is -0.383. The Morgan fingerprint density at radius 2 is 2.15 bits per heavy atom. The van der Waals surface area contributed by atoms with Gasteiger partial charge in [-0.25, -0.2) is 0 Å². The number of nitro groups is 1. The van der Waals surface area contributed by atoms with Crippen molar-refractivity contribution in [3.05, 3.63) is 40.6 Å². The topological polar surface area (TPSA) is 91.6 Å². The molecule has 0 aliphatic rings. The summed E-state index contributed by atoms with van der Waals surface area (Å²) in [5.74, 6) is 0.0265. The second-order valence-corrected chi connectivity index (χ2v) is 3.93. The summed E-state index contributed by atoms with van der Waals surface area (Å²) in [6, 6.07) is 6.09. The molecule has 104 valence electrons. The van der Waals surface area contributed by atoms with Gasteiger partial charge in [0, 0.05) is 19.2 Å². The molecule has 0 bridgehead atoms. The Morgan fingerprint density at radius 1 is 1.35 bits per heavy atom. The molecule has 0 aliphatic carbocycles. The van der Waals surface area contributed by atoms with Gasteiger partial charge in [0.25, 0.3) is 5.69 Å². The lowest BCUT2D eigenvalue weighted by Gasteiger charge is -2.08. The summed E-state index contributed by atoms with van der Waals surface area (Å²) < 4.78 is 10.2. The average Bonchev–Trinajstić information content (AvgIpc) is 2.43. The summed E-state index contributed by atoms with van der Waals surface area (Å²) in [6.45, 7) is 1.58. The number of nitrogens with zero attached hydrogens (tertiary/aromatic N) is 2. The van der Waals surface area contributed by atoms with E-state index in [1.54, 1.807) is 12.1 Å². The van der Waals surface area contributed by atoms with Crippen molar-refractivity contribution in [3.8, 4) is 5.75 Å². The van der Waals surface area contributed by atoms with E-state index >= 15 is 0 Å². The van der Waals surface area contributed by atoms with Crippen LogP contribution in [-0.2, 0) is 9.53 Å². The van der Waals surface area contributed by atoms with Crippen LogP contribution in [0.5, 0.6) is 5.75 Å². The molecule has 0 unspecified atom stereocenters. The standard InChI is InChI=1S/C13H12N2O5/c1-9(16)19-7-8-20-12-5-4-11(15(17)18)10-3-2-6-14-13(10)12/h2-6H,7-8H2,1H3. The molecule has 1 aromatic heterocycles. The maximum absolute atomic E-state index is 10.9. The summed E-state index contributed by atoms with van der Waals surface area (Å²) in [4.78, 5) is 25.2. The molecule has 0 amide bonds. The predicted molar refractivity (Wildman–Crippen MR) is 70.5 cm³/mol. The van der Waals surface area contributed by atoms with Gasteiger partial charge in [0.2, 0.25) is 0 Å². The molecule has 0 saturated carbocycles. The Balaban J connectivity index is 2.24. The molecule has 0 radical (unpaired) electrons. The first kappa shape index (κ1) is 13.7. The number of carbonyl (C=O) groups is 1. The van der Waals surface area contributed by atoms with Crippen LogP contribution in [0.3, 0.4) is 0 Å². The van der Waals surface area contributed by atoms with Crippen LogP contribution in [0.15, 0.2) is 30.5 Å². The SMILES string of the molecule is CC(=O)OCCOc1ccc([N+](=O)[O-])c2cccnc12. The van der Waals surface area contributed by atoms with Gasteiger partial charge in [-0.1, -0.05) is 0 Å². The summed E-state index contributed by atoms with van der Waals surface area (Å²) >= 11 is 0. The number of esters is 1. The Kier molecular flexibility index (Phi) is 4.09. The highest BCUT2D eigenvalue weighted by molar-refractivity contribution is 5.92. The number of benzene rings is 1. The van der Waals surface area contributed by atoms with E-state index in [2.05, 4.69) is 4.98 Å². The van der Waals surface area contributed by atoms with Crippen molar-refractivity contribution in [2.24, 2.45) is 0 Å². The van der Waals surface area contributed by atoms with Gasteiger partial charge in [-0.3, -0.25) is 19.9 Å². The fourth-order valence-electron chi connectivity index (χ4n) is 1.74. The zero-order chi connectivity index (χ0) is 14.5. The van der Waals surface area contributed by atoms with E-state index in [-0.39, 0.29) is 24.9 Å². The van der Waals surface area contributed by atoms with Gasteiger partial charge in [0.05, 0.1) is 10.3 Å². The molecular weight excluding hydrogens is 264 g/mol. The number of hydrogen-bond acceptors (Lipinski definition) is 6. The summed E-state index contributed by atoms with van der Waals surface area (Å²) in [5, 5.41) is 11.3. The van der Waals surface area contributed by atoms with Crippen molar-refractivity contribution >= 4 is 22.6 Å². The highest BCUT2D eigenvalue weighted by atomic mass is 16.6. The zero-order valence-electron chi connectivity index (χ0n) is 10.7. The molecule has 0 atom stereocenters. The van der Waals surface area contributed by atoms with E-state index < -0.39 is 4.92 Å². The van der Waals surface area contributed by atoms with Crippen LogP contribution in [0, 0.1) is 10.1 Å². The van der Waals surface area contributed by atoms with Gasteiger partial charge in [-0.2, -0.15) is 0 Å². The molecule has 1 heterocycles.